The standard InChI is InChI=1S/C19H15F3N2O3S/c1-12(25)14-6-8-16(9-7-14)24-17(10-18(23-24)19(20,21)22)15-4-2-13(3-5-15)11-28(26)27/h2-10,28H,11H2,1H3. The van der Waals surface area contributed by atoms with E-state index in [1.807, 2.05) is 0 Å². The van der Waals surface area contributed by atoms with Crippen LogP contribution in [0.5, 0.6) is 0 Å². The predicted molar refractivity (Wildman–Crippen MR) is 98.0 cm³/mol. The van der Waals surface area contributed by atoms with E-state index < -0.39 is 22.6 Å². The monoisotopic (exact) mass is 408 g/mol. The highest BCUT2D eigenvalue weighted by Gasteiger charge is 2.35. The zero-order valence-corrected chi connectivity index (χ0v) is 15.5. The Balaban J connectivity index is 2.09. The maximum atomic E-state index is 13.2. The Kier molecular flexibility index (Phi) is 5.37. The summed E-state index contributed by atoms with van der Waals surface area (Å²) in [5.41, 5.74) is 0.925. The SMILES string of the molecule is CC(=O)c1ccc(-n2nc(C(F)(F)F)cc2-c2ccc(C[SH](=O)=O)cc2)cc1. The molecule has 5 nitrogen and oxygen atoms in total. The van der Waals surface area contributed by atoms with Crippen LogP contribution in [0.4, 0.5) is 13.2 Å². The highest BCUT2D eigenvalue weighted by atomic mass is 32.2. The lowest BCUT2D eigenvalue weighted by Crippen LogP contribution is -2.07. The zero-order chi connectivity index (χ0) is 20.5. The summed E-state index contributed by atoms with van der Waals surface area (Å²) in [6.45, 7) is 1.40. The first-order chi connectivity index (χ1) is 13.1. The summed E-state index contributed by atoms with van der Waals surface area (Å²) in [5, 5.41) is 3.68. The minimum Gasteiger partial charge on any atom is -0.295 e. The first kappa shape index (κ1) is 19.8. The number of benzene rings is 2. The summed E-state index contributed by atoms with van der Waals surface area (Å²) in [6.07, 6.45) is -4.62. The quantitative estimate of drug-likeness (QED) is 0.514. The average molecular weight is 408 g/mol. The van der Waals surface area contributed by atoms with Gasteiger partial charge in [-0.05, 0) is 42.8 Å². The van der Waals surface area contributed by atoms with E-state index in [9.17, 15) is 26.4 Å². The van der Waals surface area contributed by atoms with E-state index in [1.54, 1.807) is 24.3 Å². The van der Waals surface area contributed by atoms with Crippen molar-refractivity contribution < 1.29 is 26.4 Å². The Bertz CT molecular complexity index is 1080. The van der Waals surface area contributed by atoms with E-state index in [1.165, 1.54) is 31.2 Å². The second-order valence-corrected chi connectivity index (χ2v) is 7.10. The van der Waals surface area contributed by atoms with Crippen molar-refractivity contribution in [3.05, 3.63) is 71.4 Å². The number of hydrogen-bond donors (Lipinski definition) is 1. The zero-order valence-electron chi connectivity index (χ0n) is 14.6. The Morgan fingerprint density at radius 1 is 1.04 bits per heavy atom. The molecule has 0 unspecified atom stereocenters. The number of aromatic nitrogens is 2. The summed E-state index contributed by atoms with van der Waals surface area (Å²) >= 11 is 0. The van der Waals surface area contributed by atoms with Gasteiger partial charge >= 0.3 is 6.18 Å². The molecular formula is C19H15F3N2O3S. The van der Waals surface area contributed by atoms with E-state index in [0.29, 0.717) is 22.4 Å². The lowest BCUT2D eigenvalue weighted by Gasteiger charge is -2.09. The fraction of sp³-hybridized carbons (Fsp3) is 0.158. The Hall–Kier alpha value is -2.94. The van der Waals surface area contributed by atoms with Crippen LogP contribution >= 0.6 is 0 Å². The van der Waals surface area contributed by atoms with Crippen LogP contribution < -0.4 is 0 Å². The molecule has 0 saturated carbocycles. The van der Waals surface area contributed by atoms with Gasteiger partial charge in [0, 0.05) is 11.1 Å². The lowest BCUT2D eigenvalue weighted by atomic mass is 10.1. The van der Waals surface area contributed by atoms with E-state index >= 15 is 0 Å². The number of carbonyl (C=O) groups excluding carboxylic acids is 1. The van der Waals surface area contributed by atoms with Crippen molar-refractivity contribution in [2.75, 3.05) is 0 Å². The van der Waals surface area contributed by atoms with Crippen LogP contribution in [0.3, 0.4) is 0 Å². The molecule has 1 heterocycles. The molecule has 0 N–H and O–H groups in total. The number of nitrogens with zero attached hydrogens (tertiary/aromatic N) is 2. The van der Waals surface area contributed by atoms with Crippen molar-refractivity contribution >= 4 is 16.5 Å². The van der Waals surface area contributed by atoms with Crippen LogP contribution in [-0.2, 0) is 22.6 Å². The van der Waals surface area contributed by atoms with Crippen molar-refractivity contribution in [3.63, 3.8) is 0 Å². The summed E-state index contributed by atoms with van der Waals surface area (Å²) < 4.78 is 62.4. The van der Waals surface area contributed by atoms with Crippen LogP contribution in [-0.4, -0.2) is 24.0 Å². The van der Waals surface area contributed by atoms with E-state index in [-0.39, 0.29) is 17.2 Å². The van der Waals surface area contributed by atoms with Gasteiger partial charge in [0.2, 0.25) is 0 Å². The average Bonchev–Trinajstić information content (AvgIpc) is 3.07. The summed E-state index contributed by atoms with van der Waals surface area (Å²) in [7, 11) is -2.60. The molecule has 0 spiro atoms. The Morgan fingerprint density at radius 2 is 1.64 bits per heavy atom. The van der Waals surface area contributed by atoms with E-state index in [2.05, 4.69) is 5.10 Å². The largest absolute Gasteiger partial charge is 0.435 e. The molecule has 0 aliphatic rings. The Labute approximate surface area is 160 Å². The first-order valence-electron chi connectivity index (χ1n) is 8.15. The maximum absolute atomic E-state index is 13.2. The van der Waals surface area contributed by atoms with Crippen molar-refractivity contribution in [3.8, 4) is 16.9 Å². The third-order valence-electron chi connectivity index (χ3n) is 4.08. The van der Waals surface area contributed by atoms with Crippen molar-refractivity contribution in [1.29, 1.82) is 0 Å². The minimum absolute atomic E-state index is 0.144. The number of carbonyl (C=O) groups is 1. The van der Waals surface area contributed by atoms with Crippen molar-refractivity contribution in [2.24, 2.45) is 0 Å². The fourth-order valence-electron chi connectivity index (χ4n) is 2.69. The summed E-state index contributed by atoms with van der Waals surface area (Å²) in [5.74, 6) is -0.301. The van der Waals surface area contributed by atoms with Gasteiger partial charge in [-0.2, -0.15) is 18.3 Å². The number of Topliss-reactive ketones (excluding diaryl/α,β-unsaturated/α-hetero) is 1. The number of thiol groups is 1. The van der Waals surface area contributed by atoms with Gasteiger partial charge in [-0.1, -0.05) is 24.3 Å². The molecule has 1 aromatic heterocycles. The second-order valence-electron chi connectivity index (χ2n) is 6.12. The molecule has 0 amide bonds. The highest BCUT2D eigenvalue weighted by molar-refractivity contribution is 7.71. The number of halogens is 3. The van der Waals surface area contributed by atoms with Gasteiger partial charge < -0.3 is 0 Å². The van der Waals surface area contributed by atoms with E-state index in [0.717, 1.165) is 10.7 Å². The molecule has 3 aromatic rings. The third-order valence-corrected chi connectivity index (χ3v) is 4.70. The molecule has 28 heavy (non-hydrogen) atoms. The van der Waals surface area contributed by atoms with Gasteiger partial charge in [0.15, 0.2) is 11.5 Å². The molecule has 0 atom stereocenters. The molecular weight excluding hydrogens is 393 g/mol. The van der Waals surface area contributed by atoms with Crippen LogP contribution in [0.1, 0.15) is 28.5 Å². The van der Waals surface area contributed by atoms with Gasteiger partial charge in [-0.25, -0.2) is 13.1 Å². The molecule has 0 fully saturated rings. The Morgan fingerprint density at radius 3 is 2.14 bits per heavy atom. The fourth-order valence-corrected chi connectivity index (χ4v) is 3.20. The molecule has 0 aliphatic carbocycles. The third kappa shape index (κ3) is 4.30. The van der Waals surface area contributed by atoms with Gasteiger partial charge in [-0.3, -0.25) is 4.79 Å². The second kappa shape index (κ2) is 7.59. The number of rotatable bonds is 5. The molecule has 2 aromatic carbocycles. The van der Waals surface area contributed by atoms with Crippen LogP contribution in [0, 0.1) is 0 Å². The smallest absolute Gasteiger partial charge is 0.295 e. The van der Waals surface area contributed by atoms with Crippen molar-refractivity contribution in [1.82, 2.24) is 9.78 Å². The van der Waals surface area contributed by atoms with Crippen LogP contribution in [0.2, 0.25) is 0 Å². The first-order valence-corrected chi connectivity index (χ1v) is 9.51. The van der Waals surface area contributed by atoms with Crippen molar-refractivity contribution in [2.45, 2.75) is 18.9 Å². The number of alkyl halides is 3. The highest BCUT2D eigenvalue weighted by Crippen LogP contribution is 2.33. The molecule has 3 rings (SSSR count). The maximum Gasteiger partial charge on any atom is 0.435 e. The number of hydrogen-bond acceptors (Lipinski definition) is 4. The lowest BCUT2D eigenvalue weighted by molar-refractivity contribution is -0.141. The van der Waals surface area contributed by atoms with Gasteiger partial charge in [0.1, 0.15) is 10.7 Å². The van der Waals surface area contributed by atoms with Gasteiger partial charge in [0.05, 0.1) is 17.1 Å². The minimum atomic E-state index is -4.62. The van der Waals surface area contributed by atoms with E-state index in [4.69, 9.17) is 0 Å². The molecule has 0 bridgehead atoms. The molecule has 0 saturated heterocycles. The van der Waals surface area contributed by atoms with Gasteiger partial charge in [-0.15, -0.1) is 0 Å². The summed E-state index contributed by atoms with van der Waals surface area (Å²) in [4.78, 5) is 11.4. The predicted octanol–water partition coefficient (Wildman–Crippen LogP) is 3.87. The topological polar surface area (TPSA) is 69.0 Å². The van der Waals surface area contributed by atoms with Gasteiger partial charge in [0.25, 0.3) is 0 Å². The molecule has 9 heteroatoms. The molecule has 0 aliphatic heterocycles. The van der Waals surface area contributed by atoms with Crippen LogP contribution in [0.25, 0.3) is 16.9 Å². The summed E-state index contributed by atoms with van der Waals surface area (Å²) in [6, 6.07) is 13.2. The van der Waals surface area contributed by atoms with Crippen LogP contribution in [0.15, 0.2) is 54.6 Å². The number of ketones is 1. The molecule has 146 valence electrons. The molecule has 0 radical (unpaired) electrons. The normalized spacial score (nSPS) is 11.8.